The summed E-state index contributed by atoms with van der Waals surface area (Å²) in [6.07, 6.45) is 3.91. The van der Waals surface area contributed by atoms with Gasteiger partial charge >= 0.3 is 0 Å². The van der Waals surface area contributed by atoms with Gasteiger partial charge in [-0.05, 0) is 38.4 Å². The second-order valence-electron chi connectivity index (χ2n) is 11.7. The zero-order valence-electron chi connectivity index (χ0n) is 24.2. The van der Waals surface area contributed by atoms with E-state index in [9.17, 15) is 4.79 Å². The molecule has 218 valence electrons. The molecule has 3 aliphatic rings. The van der Waals surface area contributed by atoms with E-state index < -0.39 is 0 Å². The first kappa shape index (κ1) is 27.2. The summed E-state index contributed by atoms with van der Waals surface area (Å²) in [6, 6.07) is 11.7. The quantitative estimate of drug-likeness (QED) is 0.349. The number of hydrogen-bond acceptors (Lipinski definition) is 10. The summed E-state index contributed by atoms with van der Waals surface area (Å²) in [5.74, 6) is 2.24. The number of anilines is 3. The van der Waals surface area contributed by atoms with Crippen LogP contribution in [0.5, 0.6) is 0 Å². The molecule has 1 unspecified atom stereocenters. The van der Waals surface area contributed by atoms with E-state index in [2.05, 4.69) is 27.0 Å². The predicted octanol–water partition coefficient (Wildman–Crippen LogP) is 4.59. The molecule has 42 heavy (non-hydrogen) atoms. The Labute approximate surface area is 249 Å². The molecule has 1 N–H and O–H groups in total. The number of nitrogens with zero attached hydrogens (tertiary/aromatic N) is 7. The van der Waals surface area contributed by atoms with Gasteiger partial charge in [-0.2, -0.15) is 4.98 Å². The van der Waals surface area contributed by atoms with Crippen molar-refractivity contribution in [2.24, 2.45) is 5.41 Å². The molecule has 1 aromatic carbocycles. The zero-order chi connectivity index (χ0) is 28.7. The highest BCUT2D eigenvalue weighted by molar-refractivity contribution is 7.21. The third-order valence-corrected chi connectivity index (χ3v) is 9.80. The Bertz CT molecular complexity index is 1610. The Kier molecular flexibility index (Phi) is 7.25. The highest BCUT2D eigenvalue weighted by Crippen LogP contribution is 2.39. The number of likely N-dealkylation sites (N-methyl/N-ethyl adjacent to an activating group) is 1. The molecule has 1 amide bonds. The molecule has 3 aliphatic heterocycles. The fraction of sp³-hybridized carbons (Fsp3) is 0.452. The van der Waals surface area contributed by atoms with Crippen LogP contribution in [0.25, 0.3) is 20.8 Å². The number of carbonyl (C=O) groups excluding carboxylic acids is 1. The molecule has 3 fully saturated rings. The van der Waals surface area contributed by atoms with Gasteiger partial charge in [-0.1, -0.05) is 19.1 Å². The summed E-state index contributed by atoms with van der Waals surface area (Å²) in [7, 11) is 0. The van der Waals surface area contributed by atoms with Crippen LogP contribution in [-0.4, -0.2) is 94.7 Å². The number of fused-ring (bicyclic) bond motifs is 1. The molecule has 1 spiro atoms. The summed E-state index contributed by atoms with van der Waals surface area (Å²) in [5, 5.41) is 4.24. The lowest BCUT2D eigenvalue weighted by molar-refractivity contribution is 0.0765. The number of benzene rings is 1. The number of aryl methyl sites for hydroxylation is 1. The number of carbonyl (C=O) groups is 1. The molecule has 4 aromatic rings. The highest BCUT2D eigenvalue weighted by Gasteiger charge is 2.42. The first-order valence-electron chi connectivity index (χ1n) is 14.8. The fourth-order valence-electron chi connectivity index (χ4n) is 6.23. The lowest BCUT2D eigenvalue weighted by atomic mass is 9.87. The van der Waals surface area contributed by atoms with Gasteiger partial charge in [0.05, 0.1) is 16.8 Å². The number of hydrogen-bond donors (Lipinski definition) is 1. The van der Waals surface area contributed by atoms with Crippen LogP contribution in [0.4, 0.5) is 17.6 Å². The molecule has 0 aliphatic carbocycles. The van der Waals surface area contributed by atoms with Gasteiger partial charge in [-0.15, -0.1) is 11.3 Å². The Morgan fingerprint density at radius 2 is 1.93 bits per heavy atom. The molecule has 7 rings (SSSR count). The van der Waals surface area contributed by atoms with E-state index in [4.69, 9.17) is 19.7 Å². The number of nitrogens with one attached hydrogen (secondary N) is 1. The van der Waals surface area contributed by atoms with E-state index in [1.807, 2.05) is 54.4 Å². The summed E-state index contributed by atoms with van der Waals surface area (Å²) in [5.41, 5.74) is 3.55. The summed E-state index contributed by atoms with van der Waals surface area (Å²) in [6.45, 7) is 12.3. The minimum atomic E-state index is 0.0849. The van der Waals surface area contributed by atoms with Gasteiger partial charge in [0, 0.05) is 86.4 Å². The van der Waals surface area contributed by atoms with Gasteiger partial charge in [0.1, 0.15) is 16.6 Å². The van der Waals surface area contributed by atoms with E-state index >= 15 is 0 Å². The lowest BCUT2D eigenvalue weighted by Gasteiger charge is -2.34. The molecule has 10 nitrogen and oxygen atoms in total. The zero-order valence-corrected chi connectivity index (χ0v) is 25.0. The smallest absolute Gasteiger partial charge is 0.253 e. The average molecular weight is 585 g/mol. The van der Waals surface area contributed by atoms with Crippen molar-refractivity contribution < 1.29 is 9.53 Å². The van der Waals surface area contributed by atoms with E-state index in [0.29, 0.717) is 11.4 Å². The van der Waals surface area contributed by atoms with Crippen molar-refractivity contribution in [2.75, 3.05) is 69.2 Å². The van der Waals surface area contributed by atoms with Crippen LogP contribution in [-0.2, 0) is 4.74 Å². The second-order valence-corrected chi connectivity index (χ2v) is 12.7. The van der Waals surface area contributed by atoms with Crippen molar-refractivity contribution in [3.8, 4) is 10.6 Å². The van der Waals surface area contributed by atoms with Crippen LogP contribution in [0.15, 0.2) is 42.6 Å². The number of pyridine rings is 1. The van der Waals surface area contributed by atoms with Gasteiger partial charge in [-0.3, -0.25) is 4.79 Å². The molecular weight excluding hydrogens is 548 g/mol. The average Bonchev–Trinajstić information content (AvgIpc) is 3.77. The number of rotatable bonds is 6. The number of aromatic nitrogens is 4. The SMILES string of the molecule is CCN1CCN(c2nc(C)cc(Nc3cc4nc(-c5cccc(C(=O)N6CCC7(CCOC7)C6)c5)sc4cn3)n2)CC1. The first-order valence-corrected chi connectivity index (χ1v) is 15.6. The fourth-order valence-corrected chi connectivity index (χ4v) is 7.14. The molecule has 11 heteroatoms. The third-order valence-electron chi connectivity index (χ3n) is 8.74. The minimum Gasteiger partial charge on any atom is -0.381 e. The number of piperazine rings is 1. The van der Waals surface area contributed by atoms with Gasteiger partial charge in [0.15, 0.2) is 0 Å². The Morgan fingerprint density at radius 3 is 2.74 bits per heavy atom. The topological polar surface area (TPSA) is 99.6 Å². The Morgan fingerprint density at radius 1 is 1.05 bits per heavy atom. The third kappa shape index (κ3) is 5.44. The maximum absolute atomic E-state index is 13.4. The van der Waals surface area contributed by atoms with E-state index in [1.54, 1.807) is 11.3 Å². The lowest BCUT2D eigenvalue weighted by Crippen LogP contribution is -2.46. The van der Waals surface area contributed by atoms with Gasteiger partial charge < -0.3 is 24.8 Å². The monoisotopic (exact) mass is 584 g/mol. The number of amides is 1. The summed E-state index contributed by atoms with van der Waals surface area (Å²) in [4.78, 5) is 39.1. The maximum atomic E-state index is 13.4. The van der Waals surface area contributed by atoms with Crippen LogP contribution in [0, 0.1) is 12.3 Å². The van der Waals surface area contributed by atoms with Gasteiger partial charge in [0.25, 0.3) is 5.91 Å². The number of thiazole rings is 1. The molecule has 0 radical (unpaired) electrons. The van der Waals surface area contributed by atoms with Crippen LogP contribution in [0.2, 0.25) is 0 Å². The summed E-state index contributed by atoms with van der Waals surface area (Å²) >= 11 is 1.58. The molecule has 3 saturated heterocycles. The van der Waals surface area contributed by atoms with E-state index in [1.165, 1.54) is 0 Å². The van der Waals surface area contributed by atoms with Crippen LogP contribution < -0.4 is 10.2 Å². The first-order chi connectivity index (χ1) is 20.5. The molecule has 0 saturated carbocycles. The normalized spacial score (nSPS) is 21.1. The van der Waals surface area contributed by atoms with Crippen molar-refractivity contribution in [3.05, 3.63) is 53.9 Å². The van der Waals surface area contributed by atoms with Crippen molar-refractivity contribution >= 4 is 45.0 Å². The van der Waals surface area contributed by atoms with Gasteiger partial charge in [0.2, 0.25) is 5.95 Å². The van der Waals surface area contributed by atoms with Crippen LogP contribution in [0.3, 0.4) is 0 Å². The van der Waals surface area contributed by atoms with E-state index in [0.717, 1.165) is 110 Å². The number of ether oxygens (including phenoxy) is 1. The minimum absolute atomic E-state index is 0.0849. The van der Waals surface area contributed by atoms with Gasteiger partial charge in [-0.25, -0.2) is 15.0 Å². The second kappa shape index (κ2) is 11.2. The van der Waals surface area contributed by atoms with Crippen molar-refractivity contribution in [3.63, 3.8) is 0 Å². The molecule has 6 heterocycles. The molecule has 3 aromatic heterocycles. The van der Waals surface area contributed by atoms with Crippen LogP contribution in [0.1, 0.15) is 35.8 Å². The highest BCUT2D eigenvalue weighted by atomic mass is 32.1. The van der Waals surface area contributed by atoms with Crippen molar-refractivity contribution in [1.29, 1.82) is 0 Å². The Hall–Kier alpha value is -3.67. The molecule has 0 bridgehead atoms. The predicted molar refractivity (Wildman–Crippen MR) is 166 cm³/mol. The van der Waals surface area contributed by atoms with Crippen molar-refractivity contribution in [1.82, 2.24) is 29.7 Å². The van der Waals surface area contributed by atoms with E-state index in [-0.39, 0.29) is 11.3 Å². The summed E-state index contributed by atoms with van der Waals surface area (Å²) < 4.78 is 6.63. The number of likely N-dealkylation sites (tertiary alicyclic amines) is 1. The maximum Gasteiger partial charge on any atom is 0.253 e. The Balaban J connectivity index is 1.07. The molecular formula is C31H36N8O2S. The van der Waals surface area contributed by atoms with Crippen molar-refractivity contribution in [2.45, 2.75) is 26.7 Å². The molecule has 1 atom stereocenters. The van der Waals surface area contributed by atoms with Crippen LogP contribution >= 0.6 is 11.3 Å². The largest absolute Gasteiger partial charge is 0.381 e. The standard InChI is InChI=1S/C31H36N8O2S/c1-3-37-10-12-38(13-11-37)30-33-21(2)15-27(36-30)35-26-17-24-25(18-32-26)42-28(34-24)22-5-4-6-23(16-22)29(40)39-9-7-31(19-39)8-14-41-20-31/h4-6,15-18H,3,7-14,19-20H2,1-2H3,(H,32,33,35,36).